The summed E-state index contributed by atoms with van der Waals surface area (Å²) in [7, 11) is 0. The van der Waals surface area contributed by atoms with Crippen molar-refractivity contribution in [2.75, 3.05) is 0 Å². The third-order valence-electron chi connectivity index (χ3n) is 2.94. The fraction of sp³-hybridized carbons (Fsp3) is 0.385. The summed E-state index contributed by atoms with van der Waals surface area (Å²) in [5.74, 6) is -1.57. The van der Waals surface area contributed by atoms with E-state index in [2.05, 4.69) is 0 Å². The predicted octanol–water partition coefficient (Wildman–Crippen LogP) is 3.25. The van der Waals surface area contributed by atoms with Crippen LogP contribution in [0.4, 0.5) is 8.78 Å². The summed E-state index contributed by atoms with van der Waals surface area (Å²) in [4.78, 5) is 0. The van der Waals surface area contributed by atoms with Crippen LogP contribution in [0.25, 0.3) is 6.08 Å². The Labute approximate surface area is 94.0 Å². The molecule has 3 heteroatoms. The lowest BCUT2D eigenvalue weighted by Crippen LogP contribution is -2.23. The molecule has 0 bridgehead atoms. The average Bonchev–Trinajstić information content (AvgIpc) is 2.25. The third kappa shape index (κ3) is 2.47. The zero-order valence-corrected chi connectivity index (χ0v) is 9.05. The molecule has 2 rings (SSSR count). The number of hydrogen-bond donors (Lipinski definition) is 1. The molecular formula is C13H15F2N. The van der Waals surface area contributed by atoms with Gasteiger partial charge in [0.2, 0.25) is 0 Å². The van der Waals surface area contributed by atoms with Crippen molar-refractivity contribution in [3.63, 3.8) is 0 Å². The van der Waals surface area contributed by atoms with Crippen molar-refractivity contribution in [1.29, 1.82) is 0 Å². The second-order valence-corrected chi connectivity index (χ2v) is 4.30. The summed E-state index contributed by atoms with van der Waals surface area (Å²) < 4.78 is 26.4. The first-order valence-corrected chi connectivity index (χ1v) is 5.56. The quantitative estimate of drug-likeness (QED) is 0.777. The van der Waals surface area contributed by atoms with Gasteiger partial charge in [-0.3, -0.25) is 0 Å². The van der Waals surface area contributed by atoms with E-state index in [0.29, 0.717) is 5.56 Å². The van der Waals surface area contributed by atoms with Gasteiger partial charge >= 0.3 is 0 Å². The Morgan fingerprint density at radius 3 is 2.88 bits per heavy atom. The maximum absolute atomic E-state index is 13.4. The molecule has 0 heterocycles. The number of benzene rings is 1. The van der Waals surface area contributed by atoms with Crippen LogP contribution in [-0.4, -0.2) is 6.04 Å². The van der Waals surface area contributed by atoms with E-state index in [4.69, 9.17) is 5.73 Å². The van der Waals surface area contributed by atoms with Crippen LogP contribution in [0.2, 0.25) is 0 Å². The zero-order chi connectivity index (χ0) is 11.5. The normalized spacial score (nSPS) is 23.7. The van der Waals surface area contributed by atoms with E-state index in [-0.39, 0.29) is 6.04 Å². The molecule has 1 fully saturated rings. The van der Waals surface area contributed by atoms with E-state index in [0.717, 1.165) is 37.3 Å². The molecule has 16 heavy (non-hydrogen) atoms. The van der Waals surface area contributed by atoms with Crippen LogP contribution in [0.3, 0.4) is 0 Å². The summed E-state index contributed by atoms with van der Waals surface area (Å²) in [5, 5.41) is 0. The molecule has 0 amide bonds. The molecular weight excluding hydrogens is 208 g/mol. The molecule has 86 valence electrons. The SMILES string of the molecule is NC1CCCC(=Cc2cccc(F)c2F)C1. The maximum Gasteiger partial charge on any atom is 0.166 e. The number of rotatable bonds is 1. The van der Waals surface area contributed by atoms with Crippen molar-refractivity contribution in [3.05, 3.63) is 41.0 Å². The standard InChI is InChI=1S/C13H15F2N/c14-12-6-2-4-10(13(12)15)7-9-3-1-5-11(16)8-9/h2,4,6-7,11H,1,3,5,8,16H2. The van der Waals surface area contributed by atoms with Crippen LogP contribution in [-0.2, 0) is 0 Å². The van der Waals surface area contributed by atoms with E-state index in [9.17, 15) is 8.78 Å². The summed E-state index contributed by atoms with van der Waals surface area (Å²) >= 11 is 0. The smallest absolute Gasteiger partial charge is 0.166 e. The predicted molar refractivity (Wildman–Crippen MR) is 60.8 cm³/mol. The first-order valence-electron chi connectivity index (χ1n) is 5.56. The lowest BCUT2D eigenvalue weighted by atomic mass is 9.90. The molecule has 0 aliphatic heterocycles. The van der Waals surface area contributed by atoms with Gasteiger partial charge in [0.1, 0.15) is 0 Å². The molecule has 1 atom stereocenters. The van der Waals surface area contributed by atoms with E-state index >= 15 is 0 Å². The fourth-order valence-corrected chi connectivity index (χ4v) is 2.12. The van der Waals surface area contributed by atoms with Crippen molar-refractivity contribution >= 4 is 6.08 Å². The highest BCUT2D eigenvalue weighted by Crippen LogP contribution is 2.25. The topological polar surface area (TPSA) is 26.0 Å². The molecule has 1 aliphatic rings. The zero-order valence-electron chi connectivity index (χ0n) is 9.05. The molecule has 1 aliphatic carbocycles. The van der Waals surface area contributed by atoms with Gasteiger partial charge in [0.15, 0.2) is 11.6 Å². The minimum atomic E-state index is -0.797. The lowest BCUT2D eigenvalue weighted by Gasteiger charge is -2.20. The van der Waals surface area contributed by atoms with Gasteiger partial charge in [0.05, 0.1) is 0 Å². The highest BCUT2D eigenvalue weighted by Gasteiger charge is 2.14. The van der Waals surface area contributed by atoms with Crippen LogP contribution < -0.4 is 5.73 Å². The Balaban J connectivity index is 2.24. The van der Waals surface area contributed by atoms with Gasteiger partial charge < -0.3 is 5.73 Å². The second kappa shape index (κ2) is 4.74. The third-order valence-corrected chi connectivity index (χ3v) is 2.94. The Hall–Kier alpha value is -1.22. The number of nitrogens with two attached hydrogens (primary N) is 1. The fourth-order valence-electron chi connectivity index (χ4n) is 2.12. The van der Waals surface area contributed by atoms with Crippen LogP contribution >= 0.6 is 0 Å². The molecule has 0 spiro atoms. The largest absolute Gasteiger partial charge is 0.327 e. The molecule has 1 unspecified atom stereocenters. The van der Waals surface area contributed by atoms with Gasteiger partial charge in [-0.15, -0.1) is 0 Å². The minimum Gasteiger partial charge on any atom is -0.327 e. The molecule has 0 aromatic heterocycles. The Kier molecular flexibility index (Phi) is 3.34. The monoisotopic (exact) mass is 223 g/mol. The summed E-state index contributed by atoms with van der Waals surface area (Å²) in [6.07, 6.45) is 5.50. The highest BCUT2D eigenvalue weighted by atomic mass is 19.2. The minimum absolute atomic E-state index is 0.164. The van der Waals surface area contributed by atoms with Gasteiger partial charge in [-0.1, -0.05) is 23.8 Å². The van der Waals surface area contributed by atoms with Gasteiger partial charge in [0.25, 0.3) is 0 Å². The first kappa shape index (κ1) is 11.3. The number of hydrogen-bond acceptors (Lipinski definition) is 1. The number of halogens is 2. The van der Waals surface area contributed by atoms with Crippen LogP contribution in [0.5, 0.6) is 0 Å². The van der Waals surface area contributed by atoms with Crippen molar-refractivity contribution in [1.82, 2.24) is 0 Å². The van der Waals surface area contributed by atoms with E-state index in [1.54, 1.807) is 12.1 Å². The Morgan fingerprint density at radius 2 is 2.12 bits per heavy atom. The van der Waals surface area contributed by atoms with Crippen molar-refractivity contribution < 1.29 is 8.78 Å². The van der Waals surface area contributed by atoms with Crippen molar-refractivity contribution in [2.45, 2.75) is 31.7 Å². The van der Waals surface area contributed by atoms with Crippen LogP contribution in [0.1, 0.15) is 31.2 Å². The Bertz CT molecular complexity index is 412. The molecule has 0 saturated heterocycles. The van der Waals surface area contributed by atoms with E-state index in [1.807, 2.05) is 0 Å². The molecule has 1 aromatic carbocycles. The summed E-state index contributed by atoms with van der Waals surface area (Å²) in [6, 6.07) is 4.40. The average molecular weight is 223 g/mol. The molecule has 1 nitrogen and oxygen atoms in total. The Morgan fingerprint density at radius 1 is 1.31 bits per heavy atom. The van der Waals surface area contributed by atoms with Gasteiger partial charge in [-0.2, -0.15) is 0 Å². The summed E-state index contributed by atoms with van der Waals surface area (Å²) in [6.45, 7) is 0. The second-order valence-electron chi connectivity index (χ2n) is 4.30. The van der Waals surface area contributed by atoms with E-state index in [1.165, 1.54) is 6.07 Å². The van der Waals surface area contributed by atoms with Crippen molar-refractivity contribution in [3.8, 4) is 0 Å². The molecule has 2 N–H and O–H groups in total. The molecule has 0 radical (unpaired) electrons. The van der Waals surface area contributed by atoms with Gasteiger partial charge in [0, 0.05) is 11.6 Å². The maximum atomic E-state index is 13.4. The lowest BCUT2D eigenvalue weighted by molar-refractivity contribution is 0.505. The van der Waals surface area contributed by atoms with Crippen LogP contribution in [0, 0.1) is 11.6 Å². The van der Waals surface area contributed by atoms with Gasteiger partial charge in [-0.05, 0) is 31.7 Å². The van der Waals surface area contributed by atoms with Crippen LogP contribution in [0.15, 0.2) is 23.8 Å². The first-order chi connectivity index (χ1) is 7.66. The molecule has 1 aromatic rings. The van der Waals surface area contributed by atoms with Gasteiger partial charge in [-0.25, -0.2) is 8.78 Å². The highest BCUT2D eigenvalue weighted by molar-refractivity contribution is 5.54. The van der Waals surface area contributed by atoms with E-state index < -0.39 is 11.6 Å². The van der Waals surface area contributed by atoms with Crippen molar-refractivity contribution in [2.24, 2.45) is 5.73 Å². The molecule has 1 saturated carbocycles. The summed E-state index contributed by atoms with van der Waals surface area (Å²) in [5.41, 5.74) is 7.28.